The maximum absolute atomic E-state index is 14.4. The molecule has 3 heterocycles. The van der Waals surface area contributed by atoms with Crippen LogP contribution in [0, 0.1) is 18.8 Å². The predicted molar refractivity (Wildman–Crippen MR) is 140 cm³/mol. The van der Waals surface area contributed by atoms with Crippen LogP contribution in [0.5, 0.6) is 0 Å². The topological polar surface area (TPSA) is 96.4 Å². The van der Waals surface area contributed by atoms with Gasteiger partial charge in [0.2, 0.25) is 5.91 Å². The summed E-state index contributed by atoms with van der Waals surface area (Å²) in [6.07, 6.45) is 5.18. The van der Waals surface area contributed by atoms with Gasteiger partial charge in [0.25, 0.3) is 5.91 Å². The number of esters is 1. The Morgan fingerprint density at radius 3 is 2.78 bits per heavy atom. The number of unbranched alkanes of at least 4 members (excludes halogenated alkanes) is 1. The van der Waals surface area contributed by atoms with Crippen molar-refractivity contribution in [2.75, 3.05) is 24.7 Å². The highest BCUT2D eigenvalue weighted by molar-refractivity contribution is 6.34. The van der Waals surface area contributed by atoms with E-state index in [2.05, 4.69) is 13.2 Å². The lowest BCUT2D eigenvalue weighted by atomic mass is 9.70. The minimum atomic E-state index is -1.19. The molecule has 8 nitrogen and oxygen atoms in total. The van der Waals surface area contributed by atoms with Crippen LogP contribution in [0.25, 0.3) is 0 Å². The number of carbonyl (C=O) groups is 3. The molecule has 9 heteroatoms. The van der Waals surface area contributed by atoms with Crippen molar-refractivity contribution in [1.82, 2.24) is 4.90 Å². The van der Waals surface area contributed by atoms with E-state index in [1.165, 1.54) is 9.80 Å². The van der Waals surface area contributed by atoms with Gasteiger partial charge in [0.1, 0.15) is 11.6 Å². The first-order chi connectivity index (χ1) is 17.7. The molecule has 0 radical (unpaired) electrons. The van der Waals surface area contributed by atoms with E-state index in [-0.39, 0.29) is 31.6 Å². The summed E-state index contributed by atoms with van der Waals surface area (Å²) in [5.41, 5.74) is 0.130. The van der Waals surface area contributed by atoms with Crippen molar-refractivity contribution in [2.24, 2.45) is 11.8 Å². The van der Waals surface area contributed by atoms with Crippen molar-refractivity contribution in [2.45, 2.75) is 63.3 Å². The van der Waals surface area contributed by atoms with Crippen molar-refractivity contribution in [3.8, 4) is 0 Å². The average Bonchev–Trinajstić information content (AvgIpc) is 3.52. The van der Waals surface area contributed by atoms with Crippen LogP contribution in [0.3, 0.4) is 0 Å². The number of rotatable bonds is 11. The zero-order valence-corrected chi connectivity index (χ0v) is 22.2. The number of para-hydroxylation sites is 1. The van der Waals surface area contributed by atoms with Gasteiger partial charge in [0, 0.05) is 6.54 Å². The molecule has 3 fully saturated rings. The standard InChI is InChI=1S/C28H35ClN2O6/c1-5-7-8-15-36-27(35)21-20-12-13-28(37-20)22(21)25(33)31(18(4)16-32)24(28)26(34)30(14-6-2)23-17(3)10-9-11-19(23)29/h5-6,9-11,18,20-22,24,32H,1-2,7-8,12-16H2,3-4H3/t18-,20+,21-,22+,24?,28?/m1/s1. The molecular weight excluding hydrogens is 496 g/mol. The van der Waals surface area contributed by atoms with Crippen molar-refractivity contribution < 1.29 is 29.0 Å². The number of aliphatic hydroxyl groups excluding tert-OH is 1. The van der Waals surface area contributed by atoms with Crippen LogP contribution in [0.1, 0.15) is 38.2 Å². The Kier molecular flexibility index (Phi) is 8.11. The minimum Gasteiger partial charge on any atom is -0.465 e. The number of halogens is 1. The van der Waals surface area contributed by atoms with Crippen molar-refractivity contribution in [1.29, 1.82) is 0 Å². The van der Waals surface area contributed by atoms with Crippen LogP contribution in [0.4, 0.5) is 5.69 Å². The normalized spacial score (nSPS) is 28.6. The summed E-state index contributed by atoms with van der Waals surface area (Å²) in [6, 6.07) is 3.67. The Bertz CT molecular complexity index is 1070. The first kappa shape index (κ1) is 27.4. The number of nitrogens with zero attached hydrogens (tertiary/aromatic N) is 2. The number of ether oxygens (including phenoxy) is 2. The highest BCUT2D eigenvalue weighted by Crippen LogP contribution is 2.59. The van der Waals surface area contributed by atoms with Gasteiger partial charge in [-0.3, -0.25) is 14.4 Å². The van der Waals surface area contributed by atoms with Crippen LogP contribution >= 0.6 is 11.6 Å². The van der Waals surface area contributed by atoms with Crippen molar-refractivity contribution >= 4 is 35.1 Å². The van der Waals surface area contributed by atoms with E-state index in [0.717, 1.165) is 5.56 Å². The van der Waals surface area contributed by atoms with Gasteiger partial charge in [-0.1, -0.05) is 35.9 Å². The highest BCUT2D eigenvalue weighted by atomic mass is 35.5. The minimum absolute atomic E-state index is 0.161. The van der Waals surface area contributed by atoms with E-state index in [9.17, 15) is 19.5 Å². The van der Waals surface area contributed by atoms with Gasteiger partial charge >= 0.3 is 5.97 Å². The van der Waals surface area contributed by atoms with Crippen LogP contribution in [0.2, 0.25) is 5.02 Å². The molecule has 2 bridgehead atoms. The summed E-state index contributed by atoms with van der Waals surface area (Å²) in [5.74, 6) is -2.90. The van der Waals surface area contributed by atoms with E-state index in [1.807, 2.05) is 13.0 Å². The maximum atomic E-state index is 14.4. The van der Waals surface area contributed by atoms with Gasteiger partial charge in [-0.15, -0.1) is 13.2 Å². The molecule has 3 saturated heterocycles. The molecule has 1 N–H and O–H groups in total. The summed E-state index contributed by atoms with van der Waals surface area (Å²) in [6.45, 7) is 11.1. The lowest BCUT2D eigenvalue weighted by molar-refractivity contribution is -0.155. The second-order valence-corrected chi connectivity index (χ2v) is 10.5. The van der Waals surface area contributed by atoms with E-state index < -0.39 is 41.6 Å². The fourth-order valence-corrected chi connectivity index (χ4v) is 6.55. The molecule has 1 aromatic carbocycles. The third-order valence-corrected chi connectivity index (χ3v) is 8.12. The Morgan fingerprint density at radius 2 is 2.14 bits per heavy atom. The number of hydrogen-bond donors (Lipinski definition) is 1. The van der Waals surface area contributed by atoms with Crippen molar-refractivity contribution in [3.05, 3.63) is 54.1 Å². The van der Waals surface area contributed by atoms with E-state index in [4.69, 9.17) is 21.1 Å². The summed E-state index contributed by atoms with van der Waals surface area (Å²) in [4.78, 5) is 44.4. The summed E-state index contributed by atoms with van der Waals surface area (Å²) in [7, 11) is 0. The van der Waals surface area contributed by atoms with E-state index in [1.54, 1.807) is 31.2 Å². The second-order valence-electron chi connectivity index (χ2n) is 10.1. The molecular formula is C28H35ClN2O6. The molecule has 6 atom stereocenters. The van der Waals surface area contributed by atoms with Crippen LogP contribution in [-0.4, -0.2) is 71.3 Å². The molecule has 4 rings (SSSR count). The van der Waals surface area contributed by atoms with Gasteiger partial charge < -0.3 is 24.4 Å². The van der Waals surface area contributed by atoms with E-state index in [0.29, 0.717) is 36.4 Å². The number of anilines is 1. The van der Waals surface area contributed by atoms with Gasteiger partial charge in [-0.2, -0.15) is 0 Å². The monoisotopic (exact) mass is 530 g/mol. The number of aryl methyl sites for hydroxylation is 1. The third kappa shape index (κ3) is 4.49. The molecule has 1 spiro atoms. The fraction of sp³-hybridized carbons (Fsp3) is 0.536. The number of fused-ring (bicyclic) bond motifs is 1. The molecule has 0 aromatic heterocycles. The summed E-state index contributed by atoms with van der Waals surface area (Å²) in [5, 5.41) is 10.4. The number of benzene rings is 1. The number of likely N-dealkylation sites (tertiary alicyclic amines) is 1. The first-order valence-corrected chi connectivity index (χ1v) is 13.2. The number of carbonyl (C=O) groups excluding carboxylic acids is 3. The van der Waals surface area contributed by atoms with Gasteiger partial charge in [-0.05, 0) is 51.2 Å². The Morgan fingerprint density at radius 1 is 1.38 bits per heavy atom. The molecule has 2 unspecified atom stereocenters. The first-order valence-electron chi connectivity index (χ1n) is 12.8. The predicted octanol–water partition coefficient (Wildman–Crippen LogP) is 3.43. The molecule has 2 amide bonds. The Labute approximate surface area is 222 Å². The number of hydrogen-bond acceptors (Lipinski definition) is 6. The Hall–Kier alpha value is -2.68. The molecule has 0 saturated carbocycles. The zero-order chi connectivity index (χ0) is 26.9. The number of amides is 2. The lowest BCUT2D eigenvalue weighted by Crippen LogP contribution is -2.58. The lowest BCUT2D eigenvalue weighted by Gasteiger charge is -2.39. The molecule has 3 aliphatic heterocycles. The van der Waals surface area contributed by atoms with Crippen molar-refractivity contribution in [3.63, 3.8) is 0 Å². The van der Waals surface area contributed by atoms with Crippen LogP contribution < -0.4 is 4.90 Å². The summed E-state index contributed by atoms with van der Waals surface area (Å²) < 4.78 is 12.0. The average molecular weight is 531 g/mol. The Balaban J connectivity index is 1.74. The fourth-order valence-electron chi connectivity index (χ4n) is 6.23. The van der Waals surface area contributed by atoms with Gasteiger partial charge in [0.05, 0.1) is 47.9 Å². The molecule has 37 heavy (non-hydrogen) atoms. The van der Waals surface area contributed by atoms with Crippen LogP contribution in [-0.2, 0) is 23.9 Å². The SMILES string of the molecule is C=CCCCOC(=O)[C@@H]1[C@@H]2CCC3(O2)C(C(=O)N(CC=C)c2c(C)cccc2Cl)N([C@H](C)CO)C(=O)[C@H]13. The number of allylic oxidation sites excluding steroid dienone is 1. The van der Waals surface area contributed by atoms with Crippen LogP contribution in [0.15, 0.2) is 43.5 Å². The highest BCUT2D eigenvalue weighted by Gasteiger charge is 2.75. The third-order valence-electron chi connectivity index (χ3n) is 7.82. The maximum Gasteiger partial charge on any atom is 0.312 e. The van der Waals surface area contributed by atoms with Gasteiger partial charge in [0.15, 0.2) is 0 Å². The molecule has 3 aliphatic rings. The summed E-state index contributed by atoms with van der Waals surface area (Å²) >= 11 is 6.54. The zero-order valence-electron chi connectivity index (χ0n) is 21.4. The smallest absolute Gasteiger partial charge is 0.312 e. The largest absolute Gasteiger partial charge is 0.465 e. The van der Waals surface area contributed by atoms with E-state index >= 15 is 0 Å². The second kappa shape index (κ2) is 11.0. The molecule has 200 valence electrons. The van der Waals surface area contributed by atoms with Gasteiger partial charge in [-0.25, -0.2) is 0 Å². The molecule has 1 aromatic rings. The quantitative estimate of drug-likeness (QED) is 0.267. The number of aliphatic hydroxyl groups is 1. The molecule has 0 aliphatic carbocycles.